The molecule has 3 rings (SSSR count). The Morgan fingerprint density at radius 1 is 1.16 bits per heavy atom. The first-order chi connectivity index (χ1) is 11.6. The van der Waals surface area contributed by atoms with Gasteiger partial charge in [-0.3, -0.25) is 4.79 Å². The summed E-state index contributed by atoms with van der Waals surface area (Å²) in [6, 6.07) is 15.1. The van der Waals surface area contributed by atoms with Crippen molar-refractivity contribution in [2.45, 2.75) is 10.8 Å². The van der Waals surface area contributed by atoms with Crippen LogP contribution in [0.1, 0.15) is 11.5 Å². The molecule has 1 aliphatic heterocycles. The second-order valence-corrected chi connectivity index (χ2v) is 7.28. The van der Waals surface area contributed by atoms with Gasteiger partial charge in [0.2, 0.25) is 5.91 Å². The normalized spacial score (nSPS) is 17.0. The molecule has 0 saturated carbocycles. The summed E-state index contributed by atoms with van der Waals surface area (Å²) >= 11 is 1.72. The summed E-state index contributed by atoms with van der Waals surface area (Å²) in [5.41, 5.74) is 1.95. The van der Waals surface area contributed by atoms with E-state index in [1.54, 1.807) is 23.9 Å². The Labute approximate surface area is 159 Å². The minimum atomic E-state index is -0.204. The third-order valence-electron chi connectivity index (χ3n) is 4.19. The molecule has 2 aromatic rings. The first-order valence-corrected chi connectivity index (χ1v) is 9.01. The van der Waals surface area contributed by atoms with Gasteiger partial charge in [0.15, 0.2) is 0 Å². The summed E-state index contributed by atoms with van der Waals surface area (Å²) < 4.78 is 0. The number of phenolic OH excluding ortho intramolecular Hbond substituents is 1. The van der Waals surface area contributed by atoms with E-state index in [4.69, 9.17) is 0 Å². The molecule has 0 fully saturated rings. The topological polar surface area (TPSA) is 43.8 Å². The van der Waals surface area contributed by atoms with Crippen molar-refractivity contribution < 1.29 is 9.90 Å². The standard InChI is InChI=1S/C19H22N2O2S.ClH/c1-20(2)11-12-21-17-5-3-4-6-18(17)24-13-16(19(21)23)14-7-9-15(22)10-8-14;/h3-10,16,22H,11-13H2,1-2H3;1H. The number of carbonyl (C=O) groups excluding carboxylic acids is 1. The molecule has 1 heterocycles. The number of rotatable bonds is 4. The van der Waals surface area contributed by atoms with E-state index in [-0.39, 0.29) is 30.0 Å². The Balaban J connectivity index is 0.00000225. The summed E-state index contributed by atoms with van der Waals surface area (Å²) in [5, 5.41) is 9.51. The molecule has 0 spiro atoms. The summed E-state index contributed by atoms with van der Waals surface area (Å²) in [4.78, 5) is 18.4. The lowest BCUT2D eigenvalue weighted by molar-refractivity contribution is -0.119. The molecular weight excluding hydrogens is 356 g/mol. The van der Waals surface area contributed by atoms with E-state index in [1.165, 1.54) is 0 Å². The third-order valence-corrected chi connectivity index (χ3v) is 5.35. The van der Waals surface area contributed by atoms with Gasteiger partial charge in [-0.25, -0.2) is 0 Å². The molecule has 1 N–H and O–H groups in total. The van der Waals surface area contributed by atoms with Gasteiger partial charge >= 0.3 is 0 Å². The van der Waals surface area contributed by atoms with Gasteiger partial charge in [0.1, 0.15) is 5.75 Å². The molecule has 0 bridgehead atoms. The van der Waals surface area contributed by atoms with Gasteiger partial charge in [0.25, 0.3) is 0 Å². The predicted molar refractivity (Wildman–Crippen MR) is 106 cm³/mol. The maximum absolute atomic E-state index is 13.2. The van der Waals surface area contributed by atoms with Crippen molar-refractivity contribution in [1.82, 2.24) is 4.90 Å². The molecule has 0 radical (unpaired) electrons. The number of nitrogens with zero attached hydrogens (tertiary/aromatic N) is 2. The van der Waals surface area contributed by atoms with E-state index in [9.17, 15) is 9.90 Å². The van der Waals surface area contributed by atoms with Gasteiger partial charge in [0.05, 0.1) is 11.6 Å². The highest BCUT2D eigenvalue weighted by atomic mass is 35.5. The van der Waals surface area contributed by atoms with E-state index in [0.717, 1.165) is 22.7 Å². The Morgan fingerprint density at radius 3 is 2.52 bits per heavy atom. The number of phenols is 1. The minimum absolute atomic E-state index is 0. The second-order valence-electron chi connectivity index (χ2n) is 6.22. The molecule has 4 nitrogen and oxygen atoms in total. The largest absolute Gasteiger partial charge is 0.508 e. The van der Waals surface area contributed by atoms with Crippen LogP contribution in [0.5, 0.6) is 5.75 Å². The number of likely N-dealkylation sites (N-methyl/N-ethyl adjacent to an activating group) is 1. The molecule has 0 aliphatic carbocycles. The Hall–Kier alpha value is -1.69. The lowest BCUT2D eigenvalue weighted by Gasteiger charge is -2.27. The zero-order valence-electron chi connectivity index (χ0n) is 14.4. The number of halogens is 1. The fourth-order valence-corrected chi connectivity index (χ4v) is 4.01. The van der Waals surface area contributed by atoms with E-state index < -0.39 is 0 Å². The number of amides is 1. The van der Waals surface area contributed by atoms with Crippen LogP contribution >= 0.6 is 24.2 Å². The van der Waals surface area contributed by atoms with Crippen LogP contribution in [0.3, 0.4) is 0 Å². The fraction of sp³-hybridized carbons (Fsp3) is 0.316. The van der Waals surface area contributed by atoms with Crippen LogP contribution in [-0.4, -0.2) is 48.9 Å². The number of anilines is 1. The fourth-order valence-electron chi connectivity index (χ4n) is 2.83. The molecule has 1 atom stereocenters. The van der Waals surface area contributed by atoms with Gasteiger partial charge in [-0.1, -0.05) is 24.3 Å². The smallest absolute Gasteiger partial charge is 0.235 e. The van der Waals surface area contributed by atoms with Crippen LogP contribution in [0.2, 0.25) is 0 Å². The molecule has 1 amide bonds. The second kappa shape index (κ2) is 8.61. The van der Waals surface area contributed by atoms with Crippen LogP contribution in [0.4, 0.5) is 5.69 Å². The van der Waals surface area contributed by atoms with E-state index in [0.29, 0.717) is 12.3 Å². The molecule has 1 unspecified atom stereocenters. The van der Waals surface area contributed by atoms with Crippen molar-refractivity contribution in [2.24, 2.45) is 0 Å². The summed E-state index contributed by atoms with van der Waals surface area (Å²) in [6.07, 6.45) is 0. The molecule has 0 saturated heterocycles. The maximum Gasteiger partial charge on any atom is 0.235 e. The van der Waals surface area contributed by atoms with Crippen molar-refractivity contribution in [3.63, 3.8) is 0 Å². The summed E-state index contributed by atoms with van der Waals surface area (Å²) in [6.45, 7) is 1.48. The molecule has 6 heteroatoms. The zero-order valence-corrected chi connectivity index (χ0v) is 16.0. The Bertz CT molecular complexity index is 722. The molecule has 0 aromatic heterocycles. The van der Waals surface area contributed by atoms with Crippen molar-refractivity contribution in [1.29, 1.82) is 0 Å². The highest BCUT2D eigenvalue weighted by Crippen LogP contribution is 2.39. The van der Waals surface area contributed by atoms with E-state index in [1.807, 2.05) is 49.3 Å². The van der Waals surface area contributed by atoms with E-state index in [2.05, 4.69) is 11.0 Å². The first kappa shape index (κ1) is 19.6. The zero-order chi connectivity index (χ0) is 17.1. The van der Waals surface area contributed by atoms with Gasteiger partial charge in [-0.2, -0.15) is 0 Å². The molecule has 25 heavy (non-hydrogen) atoms. The summed E-state index contributed by atoms with van der Waals surface area (Å²) in [5.74, 6) is 0.851. The van der Waals surface area contributed by atoms with Crippen LogP contribution in [0, 0.1) is 0 Å². The lowest BCUT2D eigenvalue weighted by Crippen LogP contribution is -2.39. The maximum atomic E-state index is 13.2. The van der Waals surface area contributed by atoms with Crippen molar-refractivity contribution >= 4 is 35.8 Å². The SMILES string of the molecule is CN(C)CCN1C(=O)C(c2ccc(O)cc2)CSc2ccccc21.Cl. The molecular formula is C19H23ClN2O2S. The number of aromatic hydroxyl groups is 1. The summed E-state index contributed by atoms with van der Waals surface area (Å²) in [7, 11) is 4.03. The number of hydrogen-bond donors (Lipinski definition) is 1. The number of hydrogen-bond acceptors (Lipinski definition) is 4. The molecule has 134 valence electrons. The van der Waals surface area contributed by atoms with Gasteiger partial charge < -0.3 is 14.9 Å². The Morgan fingerprint density at radius 2 is 1.84 bits per heavy atom. The van der Waals surface area contributed by atoms with Crippen LogP contribution in [0.15, 0.2) is 53.4 Å². The molecule has 1 aliphatic rings. The first-order valence-electron chi connectivity index (χ1n) is 8.03. The van der Waals surface area contributed by atoms with Crippen molar-refractivity contribution in [2.75, 3.05) is 37.8 Å². The minimum Gasteiger partial charge on any atom is -0.508 e. The van der Waals surface area contributed by atoms with E-state index >= 15 is 0 Å². The van der Waals surface area contributed by atoms with Gasteiger partial charge in [-0.15, -0.1) is 24.2 Å². The quantitative estimate of drug-likeness (QED) is 0.882. The number of para-hydroxylation sites is 1. The monoisotopic (exact) mass is 378 g/mol. The predicted octanol–water partition coefficient (Wildman–Crippen LogP) is 3.60. The van der Waals surface area contributed by atoms with Gasteiger partial charge in [0, 0.05) is 23.7 Å². The average molecular weight is 379 g/mol. The molecule has 2 aromatic carbocycles. The van der Waals surface area contributed by atoms with Crippen LogP contribution < -0.4 is 4.90 Å². The highest BCUT2D eigenvalue weighted by Gasteiger charge is 2.31. The number of carbonyl (C=O) groups is 1. The third kappa shape index (κ3) is 4.48. The number of fused-ring (bicyclic) bond motifs is 1. The number of benzene rings is 2. The van der Waals surface area contributed by atoms with Gasteiger partial charge in [-0.05, 0) is 43.9 Å². The Kier molecular flexibility index (Phi) is 6.76. The van der Waals surface area contributed by atoms with Crippen molar-refractivity contribution in [3.05, 3.63) is 54.1 Å². The average Bonchev–Trinajstić information content (AvgIpc) is 2.70. The highest BCUT2D eigenvalue weighted by molar-refractivity contribution is 7.99. The van der Waals surface area contributed by atoms with Crippen LogP contribution in [-0.2, 0) is 4.79 Å². The number of thioether (sulfide) groups is 1. The van der Waals surface area contributed by atoms with Crippen molar-refractivity contribution in [3.8, 4) is 5.75 Å². The lowest BCUT2D eigenvalue weighted by atomic mass is 9.99. The van der Waals surface area contributed by atoms with Crippen LogP contribution in [0.25, 0.3) is 0 Å².